The van der Waals surface area contributed by atoms with E-state index in [9.17, 15) is 18.8 Å². The summed E-state index contributed by atoms with van der Waals surface area (Å²) in [6, 6.07) is 12.7. The van der Waals surface area contributed by atoms with E-state index in [1.165, 1.54) is 31.4 Å². The van der Waals surface area contributed by atoms with Gasteiger partial charge >= 0.3 is 12.1 Å². The van der Waals surface area contributed by atoms with Crippen molar-refractivity contribution in [3.05, 3.63) is 71.5 Å². The highest BCUT2D eigenvalue weighted by Gasteiger charge is 2.29. The molecule has 0 aliphatic rings. The maximum atomic E-state index is 13.3. The van der Waals surface area contributed by atoms with Crippen molar-refractivity contribution in [3.8, 4) is 0 Å². The van der Waals surface area contributed by atoms with Crippen LogP contribution in [0, 0.1) is 5.82 Å². The van der Waals surface area contributed by atoms with Gasteiger partial charge in [-0.25, -0.2) is 14.0 Å². The van der Waals surface area contributed by atoms with E-state index in [-0.39, 0.29) is 12.8 Å². The summed E-state index contributed by atoms with van der Waals surface area (Å²) < 4.78 is 23.4. The van der Waals surface area contributed by atoms with Crippen LogP contribution in [0.2, 0.25) is 0 Å². The average molecular weight is 445 g/mol. The molecule has 0 bridgehead atoms. The molecule has 0 saturated carbocycles. The zero-order valence-electron chi connectivity index (χ0n) is 18.7. The van der Waals surface area contributed by atoms with Crippen molar-refractivity contribution in [2.45, 2.75) is 51.3 Å². The van der Waals surface area contributed by atoms with Crippen LogP contribution in [0.4, 0.5) is 9.18 Å². The van der Waals surface area contributed by atoms with E-state index in [1.54, 1.807) is 20.8 Å². The molecule has 0 spiro atoms. The van der Waals surface area contributed by atoms with Crippen LogP contribution >= 0.6 is 0 Å². The van der Waals surface area contributed by atoms with Crippen molar-refractivity contribution in [2.75, 3.05) is 7.11 Å². The molecule has 2 rings (SSSR count). The van der Waals surface area contributed by atoms with Crippen LogP contribution in [0.5, 0.6) is 0 Å². The maximum Gasteiger partial charge on any atom is 0.408 e. The fraction of sp³-hybridized carbons (Fsp3) is 0.375. The number of halogens is 1. The van der Waals surface area contributed by atoms with Crippen molar-refractivity contribution in [2.24, 2.45) is 0 Å². The molecule has 172 valence electrons. The van der Waals surface area contributed by atoms with Gasteiger partial charge in [-0.2, -0.15) is 0 Å². The summed E-state index contributed by atoms with van der Waals surface area (Å²) in [5, 5.41) is 5.20. The molecule has 2 aromatic carbocycles. The minimum atomic E-state index is -1.06. The third-order valence-corrected chi connectivity index (χ3v) is 4.45. The van der Waals surface area contributed by atoms with Crippen molar-refractivity contribution in [3.63, 3.8) is 0 Å². The quantitative estimate of drug-likeness (QED) is 0.610. The number of methoxy groups -OCH3 is 1. The van der Waals surface area contributed by atoms with Crippen LogP contribution in [0.1, 0.15) is 31.9 Å². The Bertz CT molecular complexity index is 910. The molecule has 2 N–H and O–H groups in total. The number of nitrogens with one attached hydrogen (secondary N) is 2. The van der Waals surface area contributed by atoms with Gasteiger partial charge in [0.05, 0.1) is 7.11 Å². The number of ether oxygens (including phenoxy) is 2. The Morgan fingerprint density at radius 3 is 2.00 bits per heavy atom. The Morgan fingerprint density at radius 1 is 0.875 bits per heavy atom. The molecule has 32 heavy (non-hydrogen) atoms. The van der Waals surface area contributed by atoms with E-state index >= 15 is 0 Å². The van der Waals surface area contributed by atoms with E-state index < -0.39 is 41.5 Å². The minimum Gasteiger partial charge on any atom is -0.467 e. The van der Waals surface area contributed by atoms with Crippen molar-refractivity contribution < 1.29 is 28.2 Å². The molecule has 0 unspecified atom stereocenters. The summed E-state index contributed by atoms with van der Waals surface area (Å²) in [4.78, 5) is 37.7. The summed E-state index contributed by atoms with van der Waals surface area (Å²) in [6.07, 6.45) is -0.489. The van der Waals surface area contributed by atoms with Crippen LogP contribution in [-0.2, 0) is 31.9 Å². The van der Waals surface area contributed by atoms with Gasteiger partial charge in [-0.15, -0.1) is 0 Å². The Morgan fingerprint density at radius 2 is 1.44 bits per heavy atom. The fourth-order valence-corrected chi connectivity index (χ4v) is 2.97. The predicted molar refractivity (Wildman–Crippen MR) is 117 cm³/mol. The average Bonchev–Trinajstić information content (AvgIpc) is 2.73. The molecular formula is C24H29FN2O5. The molecule has 0 aliphatic carbocycles. The Labute approximate surface area is 187 Å². The van der Waals surface area contributed by atoms with Crippen LogP contribution in [0.3, 0.4) is 0 Å². The summed E-state index contributed by atoms with van der Waals surface area (Å²) in [7, 11) is 1.24. The first-order chi connectivity index (χ1) is 15.1. The van der Waals surface area contributed by atoms with Crippen molar-refractivity contribution in [1.82, 2.24) is 10.6 Å². The third kappa shape index (κ3) is 8.37. The van der Waals surface area contributed by atoms with Gasteiger partial charge in [-0.1, -0.05) is 42.5 Å². The summed E-state index contributed by atoms with van der Waals surface area (Å²) in [5.74, 6) is -1.62. The van der Waals surface area contributed by atoms with Gasteiger partial charge in [-0.05, 0) is 44.0 Å². The standard InChI is InChI=1S/C24H29FN2O5/c1-24(2,3)32-23(30)27-19(14-17-10-12-18(25)13-11-17)21(28)26-20(22(29)31-4)15-16-8-6-5-7-9-16/h5-13,19-20H,14-15H2,1-4H3,(H,26,28)(H,27,30)/t19-,20-/m0/s1. The van der Waals surface area contributed by atoms with Gasteiger partial charge in [0, 0.05) is 12.8 Å². The number of amides is 2. The topological polar surface area (TPSA) is 93.7 Å². The summed E-state index contributed by atoms with van der Waals surface area (Å²) >= 11 is 0. The van der Waals surface area contributed by atoms with Crippen molar-refractivity contribution >= 4 is 18.0 Å². The molecule has 0 radical (unpaired) electrons. The lowest BCUT2D eigenvalue weighted by Crippen LogP contribution is -2.53. The SMILES string of the molecule is COC(=O)[C@H](Cc1ccccc1)NC(=O)[C@H](Cc1ccc(F)cc1)NC(=O)OC(C)(C)C. The number of alkyl carbamates (subject to hydrolysis) is 1. The third-order valence-electron chi connectivity index (χ3n) is 4.45. The smallest absolute Gasteiger partial charge is 0.408 e. The Hall–Kier alpha value is -3.42. The molecular weight excluding hydrogens is 415 g/mol. The Balaban J connectivity index is 2.20. The van der Waals surface area contributed by atoms with Gasteiger partial charge in [-0.3, -0.25) is 4.79 Å². The zero-order chi connectivity index (χ0) is 23.7. The zero-order valence-corrected chi connectivity index (χ0v) is 18.7. The Kier molecular flexibility index (Phi) is 8.75. The number of hydrogen-bond donors (Lipinski definition) is 2. The highest BCUT2D eigenvalue weighted by atomic mass is 19.1. The lowest BCUT2D eigenvalue weighted by molar-refractivity contribution is -0.145. The number of carbonyl (C=O) groups excluding carboxylic acids is 3. The summed E-state index contributed by atoms with van der Waals surface area (Å²) in [6.45, 7) is 5.11. The number of hydrogen-bond acceptors (Lipinski definition) is 5. The van der Waals surface area contributed by atoms with Crippen LogP contribution < -0.4 is 10.6 Å². The number of carbonyl (C=O) groups is 3. The van der Waals surface area contributed by atoms with Crippen LogP contribution in [0.25, 0.3) is 0 Å². The number of rotatable bonds is 8. The summed E-state index contributed by atoms with van der Waals surface area (Å²) in [5.41, 5.74) is 0.696. The maximum absolute atomic E-state index is 13.3. The first kappa shape index (κ1) is 24.8. The van der Waals surface area contributed by atoms with E-state index in [1.807, 2.05) is 30.3 Å². The van der Waals surface area contributed by atoms with Crippen LogP contribution in [-0.4, -0.2) is 42.8 Å². The number of benzene rings is 2. The highest BCUT2D eigenvalue weighted by Crippen LogP contribution is 2.11. The largest absolute Gasteiger partial charge is 0.467 e. The van der Waals surface area contributed by atoms with E-state index in [2.05, 4.69) is 10.6 Å². The van der Waals surface area contributed by atoms with Gasteiger partial charge in [0.15, 0.2) is 0 Å². The molecule has 2 amide bonds. The van der Waals surface area contributed by atoms with E-state index in [0.717, 1.165) is 5.56 Å². The minimum absolute atomic E-state index is 0.0740. The van der Waals surface area contributed by atoms with Gasteiger partial charge in [0.2, 0.25) is 5.91 Å². The molecule has 0 heterocycles. The molecule has 8 heteroatoms. The second-order valence-electron chi connectivity index (χ2n) is 8.30. The van der Waals surface area contributed by atoms with Gasteiger partial charge in [0.25, 0.3) is 0 Å². The molecule has 2 aromatic rings. The molecule has 2 atom stereocenters. The molecule has 0 fully saturated rings. The second-order valence-corrected chi connectivity index (χ2v) is 8.30. The van der Waals surface area contributed by atoms with E-state index in [0.29, 0.717) is 5.56 Å². The predicted octanol–water partition coefficient (Wildman–Crippen LogP) is 3.16. The molecule has 0 saturated heterocycles. The second kappa shape index (κ2) is 11.3. The lowest BCUT2D eigenvalue weighted by Gasteiger charge is -2.25. The highest BCUT2D eigenvalue weighted by molar-refractivity contribution is 5.90. The molecule has 7 nitrogen and oxygen atoms in total. The van der Waals surface area contributed by atoms with Gasteiger partial charge in [0.1, 0.15) is 23.5 Å². The lowest BCUT2D eigenvalue weighted by atomic mass is 10.0. The normalized spacial score (nSPS) is 12.9. The van der Waals surface area contributed by atoms with Crippen LogP contribution in [0.15, 0.2) is 54.6 Å². The fourth-order valence-electron chi connectivity index (χ4n) is 2.97. The first-order valence-electron chi connectivity index (χ1n) is 10.2. The van der Waals surface area contributed by atoms with Crippen molar-refractivity contribution in [1.29, 1.82) is 0 Å². The number of esters is 1. The molecule has 0 aromatic heterocycles. The monoisotopic (exact) mass is 444 g/mol. The molecule has 0 aliphatic heterocycles. The first-order valence-corrected chi connectivity index (χ1v) is 10.2. The van der Waals surface area contributed by atoms with E-state index in [4.69, 9.17) is 9.47 Å². The van der Waals surface area contributed by atoms with Gasteiger partial charge < -0.3 is 20.1 Å².